The second kappa shape index (κ2) is 6.50. The van der Waals surface area contributed by atoms with Crippen molar-refractivity contribution in [3.63, 3.8) is 0 Å². The van der Waals surface area contributed by atoms with Gasteiger partial charge in [-0.05, 0) is 12.3 Å². The van der Waals surface area contributed by atoms with Crippen molar-refractivity contribution >= 4 is 5.97 Å². The predicted molar refractivity (Wildman–Crippen MR) is 69.6 cm³/mol. The average molecular weight is 258 g/mol. The molecule has 1 saturated carbocycles. The Morgan fingerprint density at radius 2 is 2.00 bits per heavy atom. The number of carbonyl (C=O) groups is 1. The van der Waals surface area contributed by atoms with Crippen molar-refractivity contribution in [2.75, 3.05) is 7.11 Å². The van der Waals surface area contributed by atoms with E-state index in [4.69, 9.17) is 16.2 Å². The Morgan fingerprint density at radius 1 is 1.44 bits per heavy atom. The van der Waals surface area contributed by atoms with Gasteiger partial charge in [-0.25, -0.2) is 0 Å². The van der Waals surface area contributed by atoms with Crippen LogP contribution in [0.5, 0.6) is 0 Å². The molecule has 1 aliphatic rings. The number of aliphatic hydroxyl groups is 1. The van der Waals surface area contributed by atoms with Crippen LogP contribution in [0.2, 0.25) is 0 Å². The van der Waals surface area contributed by atoms with E-state index in [2.05, 4.69) is 13.8 Å². The van der Waals surface area contributed by atoms with Crippen LogP contribution in [0, 0.1) is 17.8 Å². The van der Waals surface area contributed by atoms with Gasteiger partial charge in [0.25, 0.3) is 0 Å². The van der Waals surface area contributed by atoms with E-state index in [1.54, 1.807) is 0 Å². The van der Waals surface area contributed by atoms with Gasteiger partial charge in [-0.2, -0.15) is 0 Å². The van der Waals surface area contributed by atoms with Crippen molar-refractivity contribution in [3.05, 3.63) is 0 Å². The zero-order chi connectivity index (χ0) is 13.9. The van der Waals surface area contributed by atoms with Crippen LogP contribution in [0.3, 0.4) is 0 Å². The van der Waals surface area contributed by atoms with Gasteiger partial charge in [0, 0.05) is 18.0 Å². The first-order chi connectivity index (χ1) is 8.47. The zero-order valence-electron chi connectivity index (χ0n) is 11.5. The number of rotatable bonds is 5. The van der Waals surface area contributed by atoms with Gasteiger partial charge in [-0.15, -0.1) is 0 Å². The molecule has 5 nitrogen and oxygen atoms in total. The molecule has 0 aliphatic heterocycles. The van der Waals surface area contributed by atoms with Crippen LogP contribution >= 0.6 is 0 Å². The molecule has 0 unspecified atom stereocenters. The van der Waals surface area contributed by atoms with E-state index in [9.17, 15) is 9.90 Å². The minimum atomic E-state index is -0.789. The number of nitrogens with two attached hydrogens (primary N) is 2. The van der Waals surface area contributed by atoms with Crippen molar-refractivity contribution in [1.82, 2.24) is 0 Å². The maximum atomic E-state index is 11.6. The summed E-state index contributed by atoms with van der Waals surface area (Å²) in [6.07, 6.45) is 1.57. The fourth-order valence-electron chi connectivity index (χ4n) is 3.16. The molecule has 0 bridgehead atoms. The molecular weight excluding hydrogens is 232 g/mol. The lowest BCUT2D eigenvalue weighted by molar-refractivity contribution is -0.149. The van der Waals surface area contributed by atoms with Crippen LogP contribution in [0.15, 0.2) is 0 Å². The molecule has 5 N–H and O–H groups in total. The number of methoxy groups -OCH3 is 1. The van der Waals surface area contributed by atoms with Gasteiger partial charge < -0.3 is 21.3 Å². The third-order valence-corrected chi connectivity index (χ3v) is 4.37. The van der Waals surface area contributed by atoms with E-state index < -0.39 is 18.0 Å². The maximum Gasteiger partial charge on any atom is 0.311 e. The smallest absolute Gasteiger partial charge is 0.311 e. The molecule has 18 heavy (non-hydrogen) atoms. The normalized spacial score (nSPS) is 33.7. The Bertz CT molecular complexity index is 281. The highest BCUT2D eigenvalue weighted by Crippen LogP contribution is 2.36. The molecule has 1 rings (SSSR count). The van der Waals surface area contributed by atoms with Gasteiger partial charge in [0.05, 0.1) is 19.1 Å². The molecule has 0 aromatic carbocycles. The molecule has 0 heterocycles. The second-order valence-electron chi connectivity index (χ2n) is 5.25. The lowest BCUT2D eigenvalue weighted by Crippen LogP contribution is -2.48. The van der Waals surface area contributed by atoms with Crippen molar-refractivity contribution in [3.8, 4) is 0 Å². The quantitative estimate of drug-likeness (QED) is 0.614. The lowest BCUT2D eigenvalue weighted by Gasteiger charge is -2.32. The number of carbonyl (C=O) groups excluding carboxylic acids is 1. The zero-order valence-corrected chi connectivity index (χ0v) is 11.5. The molecule has 0 saturated heterocycles. The first kappa shape index (κ1) is 15.4. The first-order valence-corrected chi connectivity index (χ1v) is 6.74. The summed E-state index contributed by atoms with van der Waals surface area (Å²) < 4.78 is 4.70. The summed E-state index contributed by atoms with van der Waals surface area (Å²) in [6.45, 7) is 4.16. The summed E-state index contributed by atoms with van der Waals surface area (Å²) >= 11 is 0. The number of aliphatic hydroxyl groups excluding tert-OH is 1. The van der Waals surface area contributed by atoms with Crippen molar-refractivity contribution < 1.29 is 14.6 Å². The Labute approximate surface area is 109 Å². The van der Waals surface area contributed by atoms with E-state index in [0.717, 1.165) is 12.8 Å². The molecule has 0 spiro atoms. The molecule has 5 heteroatoms. The highest BCUT2D eigenvalue weighted by Gasteiger charge is 2.48. The number of hydrogen-bond donors (Lipinski definition) is 3. The van der Waals surface area contributed by atoms with Crippen molar-refractivity contribution in [1.29, 1.82) is 0 Å². The molecule has 0 aromatic heterocycles. The van der Waals surface area contributed by atoms with Gasteiger partial charge >= 0.3 is 5.97 Å². The minimum absolute atomic E-state index is 0.167. The summed E-state index contributed by atoms with van der Waals surface area (Å²) in [6, 6.07) is -0.403. The molecule has 106 valence electrons. The molecule has 5 atom stereocenters. The van der Waals surface area contributed by atoms with E-state index in [-0.39, 0.29) is 18.0 Å². The van der Waals surface area contributed by atoms with Crippen LogP contribution in [0.4, 0.5) is 0 Å². The Kier molecular flexibility index (Phi) is 5.56. The Balaban J connectivity index is 2.80. The molecule has 0 amide bonds. The summed E-state index contributed by atoms with van der Waals surface area (Å²) in [4.78, 5) is 11.6. The summed E-state index contributed by atoms with van der Waals surface area (Å²) in [5.41, 5.74) is 12.3. The van der Waals surface area contributed by atoms with Crippen LogP contribution < -0.4 is 11.5 Å². The number of esters is 1. The van der Waals surface area contributed by atoms with Gasteiger partial charge in [0.2, 0.25) is 0 Å². The van der Waals surface area contributed by atoms with Crippen molar-refractivity contribution in [2.45, 2.75) is 51.3 Å². The third-order valence-electron chi connectivity index (χ3n) is 4.37. The van der Waals surface area contributed by atoms with Gasteiger partial charge in [0.15, 0.2) is 0 Å². The van der Waals surface area contributed by atoms with Crippen molar-refractivity contribution in [2.24, 2.45) is 29.2 Å². The molecule has 1 fully saturated rings. The fourth-order valence-corrected chi connectivity index (χ4v) is 3.16. The van der Waals surface area contributed by atoms with Crippen LogP contribution in [-0.2, 0) is 9.53 Å². The highest BCUT2D eigenvalue weighted by molar-refractivity contribution is 5.73. The van der Waals surface area contributed by atoms with Gasteiger partial charge in [-0.1, -0.05) is 26.7 Å². The van der Waals surface area contributed by atoms with Crippen LogP contribution in [-0.4, -0.2) is 36.4 Å². The largest absolute Gasteiger partial charge is 0.469 e. The molecule has 1 aliphatic carbocycles. The second-order valence-corrected chi connectivity index (χ2v) is 5.25. The van der Waals surface area contributed by atoms with Gasteiger partial charge in [-0.3, -0.25) is 4.79 Å². The maximum absolute atomic E-state index is 11.6. The highest BCUT2D eigenvalue weighted by atomic mass is 16.5. The summed E-state index contributed by atoms with van der Waals surface area (Å²) in [7, 11) is 1.33. The average Bonchev–Trinajstić information content (AvgIpc) is 2.65. The molecular formula is C13H26N2O3. The Morgan fingerprint density at radius 3 is 2.44 bits per heavy atom. The van der Waals surface area contributed by atoms with E-state index in [1.807, 2.05) is 0 Å². The van der Waals surface area contributed by atoms with Crippen LogP contribution in [0.1, 0.15) is 33.1 Å². The monoisotopic (exact) mass is 258 g/mol. The van der Waals surface area contributed by atoms with E-state index >= 15 is 0 Å². The molecule has 0 radical (unpaired) electrons. The number of hydrogen-bond acceptors (Lipinski definition) is 5. The third kappa shape index (κ3) is 2.84. The summed E-state index contributed by atoms with van der Waals surface area (Å²) in [5.74, 6) is -0.821. The number of ether oxygens (including phenoxy) is 1. The van der Waals surface area contributed by atoms with Crippen LogP contribution in [0.25, 0.3) is 0 Å². The SMILES string of the molecule is CCC(CC)[C@H](N)[C@@H]1[C@H](O)[C@@H](C(=O)OC)C[C@H]1N. The minimum Gasteiger partial charge on any atom is -0.469 e. The van der Waals surface area contributed by atoms with E-state index in [0.29, 0.717) is 12.3 Å². The van der Waals surface area contributed by atoms with E-state index in [1.165, 1.54) is 7.11 Å². The Hall–Kier alpha value is -0.650. The lowest BCUT2D eigenvalue weighted by atomic mass is 9.81. The summed E-state index contributed by atoms with van der Waals surface area (Å²) in [5, 5.41) is 10.3. The standard InChI is InChI=1S/C13H26N2O3/c1-4-7(5-2)11(15)10-9(14)6-8(12(10)16)13(17)18-3/h7-12,16H,4-6,14-15H2,1-3H3/t8-,9+,10+,11-,12+/m0/s1. The predicted octanol–water partition coefficient (Wildman–Crippen LogP) is 0.247. The molecule has 0 aromatic rings. The topological polar surface area (TPSA) is 98.6 Å². The first-order valence-electron chi connectivity index (χ1n) is 6.74. The van der Waals surface area contributed by atoms with Gasteiger partial charge in [0.1, 0.15) is 0 Å². The fraction of sp³-hybridized carbons (Fsp3) is 0.923.